The summed E-state index contributed by atoms with van der Waals surface area (Å²) in [5.41, 5.74) is 4.86. The van der Waals surface area contributed by atoms with Gasteiger partial charge in [0, 0.05) is 34.7 Å². The van der Waals surface area contributed by atoms with E-state index < -0.39 is 0 Å². The highest BCUT2D eigenvalue weighted by atomic mass is 16.5. The van der Waals surface area contributed by atoms with Crippen molar-refractivity contribution in [1.82, 2.24) is 15.1 Å². The normalized spacial score (nSPS) is 10.4. The zero-order valence-corrected chi connectivity index (χ0v) is 19.8. The molecular formula is C26H25N7O3. The molecule has 0 aliphatic heterocycles. The van der Waals surface area contributed by atoms with Gasteiger partial charge in [0.15, 0.2) is 0 Å². The second-order valence-electron chi connectivity index (χ2n) is 7.94. The Morgan fingerprint density at radius 3 is 2.44 bits per heavy atom. The van der Waals surface area contributed by atoms with Crippen LogP contribution in [0.3, 0.4) is 0 Å². The maximum absolute atomic E-state index is 12.9. The number of amides is 2. The molecule has 0 aliphatic rings. The van der Waals surface area contributed by atoms with Crippen molar-refractivity contribution in [2.75, 3.05) is 21.3 Å². The van der Waals surface area contributed by atoms with Crippen molar-refractivity contribution < 1.29 is 14.1 Å². The molecule has 0 atom stereocenters. The number of benzene rings is 2. The lowest BCUT2D eigenvalue weighted by molar-refractivity contribution is -0.111. The van der Waals surface area contributed by atoms with Gasteiger partial charge in [0.1, 0.15) is 5.76 Å². The Morgan fingerprint density at radius 2 is 1.72 bits per heavy atom. The molecule has 0 unspecified atom stereocenters. The average Bonchev–Trinajstić information content (AvgIpc) is 3.29. The molecule has 0 saturated carbocycles. The highest BCUT2D eigenvalue weighted by Gasteiger charge is 2.12. The minimum Gasteiger partial charge on any atom is -0.381 e. The van der Waals surface area contributed by atoms with Gasteiger partial charge in [0.2, 0.25) is 11.9 Å². The lowest BCUT2D eigenvalue weighted by Crippen LogP contribution is -2.14. The minimum atomic E-state index is -0.301. The molecule has 0 aliphatic carbocycles. The quantitative estimate of drug-likeness (QED) is 0.249. The Bertz CT molecular complexity index is 1400. The summed E-state index contributed by atoms with van der Waals surface area (Å²) < 4.78 is 5.08. The van der Waals surface area contributed by atoms with Gasteiger partial charge in [-0.25, -0.2) is 9.97 Å². The van der Waals surface area contributed by atoms with Gasteiger partial charge in [-0.05, 0) is 55.8 Å². The van der Waals surface area contributed by atoms with Crippen molar-refractivity contribution in [3.8, 4) is 0 Å². The molecule has 0 fully saturated rings. The predicted molar refractivity (Wildman–Crippen MR) is 138 cm³/mol. The lowest BCUT2D eigenvalue weighted by atomic mass is 10.1. The van der Waals surface area contributed by atoms with Crippen LogP contribution in [0.25, 0.3) is 0 Å². The summed E-state index contributed by atoms with van der Waals surface area (Å²) >= 11 is 0. The number of nitrogens with zero attached hydrogens (tertiary/aromatic N) is 3. The maximum Gasteiger partial charge on any atom is 0.256 e. The van der Waals surface area contributed by atoms with E-state index >= 15 is 0 Å². The number of hydrogen-bond acceptors (Lipinski definition) is 8. The van der Waals surface area contributed by atoms with Crippen LogP contribution in [0.5, 0.6) is 0 Å². The van der Waals surface area contributed by atoms with E-state index in [0.29, 0.717) is 35.1 Å². The second-order valence-corrected chi connectivity index (χ2v) is 7.94. The monoisotopic (exact) mass is 483 g/mol. The fraction of sp³-hybridized carbons (Fsp3) is 0.115. The molecule has 182 valence electrons. The molecule has 2 amide bonds. The number of nitrogens with one attached hydrogen (secondary N) is 4. The number of aromatic nitrogens is 3. The number of carbonyl (C=O) groups is 2. The highest BCUT2D eigenvalue weighted by Crippen LogP contribution is 2.20. The minimum absolute atomic E-state index is 0.271. The van der Waals surface area contributed by atoms with Crippen molar-refractivity contribution in [1.29, 1.82) is 0 Å². The van der Waals surface area contributed by atoms with Crippen LogP contribution in [-0.4, -0.2) is 26.9 Å². The van der Waals surface area contributed by atoms with Crippen LogP contribution in [0.2, 0.25) is 0 Å². The highest BCUT2D eigenvalue weighted by molar-refractivity contribution is 6.05. The van der Waals surface area contributed by atoms with E-state index in [1.165, 1.54) is 18.5 Å². The molecule has 2 heterocycles. The number of carbonyl (C=O) groups excluding carboxylic acids is 2. The summed E-state index contributed by atoms with van der Waals surface area (Å²) in [5, 5.41) is 15.6. The molecule has 10 nitrogen and oxygen atoms in total. The standard InChI is InChI=1S/C26H25N7O3/c1-4-24(34)31-20-6-5-7-21(10-20)33-26-28-14-22(15-29-26)32-25(35)23-11-19(9-8-16(23)2)27-12-18-13-30-36-17(18)3/h4-11,13-15,27H,1,12H2,2-3H3,(H,31,34)(H,32,35)(H,28,29,33). The first-order chi connectivity index (χ1) is 17.4. The van der Waals surface area contributed by atoms with Crippen LogP contribution in [0, 0.1) is 13.8 Å². The molecule has 0 saturated heterocycles. The first-order valence-corrected chi connectivity index (χ1v) is 11.1. The number of rotatable bonds is 9. The van der Waals surface area contributed by atoms with Gasteiger partial charge in [-0.15, -0.1) is 0 Å². The van der Waals surface area contributed by atoms with Crippen molar-refractivity contribution in [3.63, 3.8) is 0 Å². The zero-order chi connectivity index (χ0) is 25.5. The van der Waals surface area contributed by atoms with E-state index in [1.54, 1.807) is 30.5 Å². The van der Waals surface area contributed by atoms with Gasteiger partial charge in [0.25, 0.3) is 5.91 Å². The molecular weight excluding hydrogens is 458 g/mol. The summed E-state index contributed by atoms with van der Waals surface area (Å²) in [7, 11) is 0. The molecule has 0 radical (unpaired) electrons. The topological polar surface area (TPSA) is 134 Å². The molecule has 36 heavy (non-hydrogen) atoms. The zero-order valence-electron chi connectivity index (χ0n) is 19.8. The van der Waals surface area contributed by atoms with Crippen molar-refractivity contribution in [3.05, 3.63) is 96.2 Å². The van der Waals surface area contributed by atoms with Crippen LogP contribution in [0.1, 0.15) is 27.2 Å². The first-order valence-electron chi connectivity index (χ1n) is 11.1. The van der Waals surface area contributed by atoms with E-state index in [-0.39, 0.29) is 11.8 Å². The van der Waals surface area contributed by atoms with Gasteiger partial charge >= 0.3 is 0 Å². The molecule has 0 bridgehead atoms. The van der Waals surface area contributed by atoms with Crippen LogP contribution < -0.4 is 21.3 Å². The van der Waals surface area contributed by atoms with E-state index in [9.17, 15) is 9.59 Å². The number of hydrogen-bond donors (Lipinski definition) is 4. The van der Waals surface area contributed by atoms with Crippen molar-refractivity contribution in [2.45, 2.75) is 20.4 Å². The SMILES string of the molecule is C=CC(=O)Nc1cccc(Nc2ncc(NC(=O)c3cc(NCc4cnoc4C)ccc3C)cn2)c1. The largest absolute Gasteiger partial charge is 0.381 e. The van der Waals surface area contributed by atoms with Crippen LogP contribution in [0.4, 0.5) is 28.7 Å². The summed E-state index contributed by atoms with van der Waals surface area (Å²) in [6, 6.07) is 12.7. The predicted octanol–water partition coefficient (Wildman–Crippen LogP) is 4.81. The van der Waals surface area contributed by atoms with Crippen molar-refractivity contribution in [2.24, 2.45) is 0 Å². The van der Waals surface area contributed by atoms with Crippen molar-refractivity contribution >= 4 is 40.5 Å². The van der Waals surface area contributed by atoms with Gasteiger partial charge in [0.05, 0.1) is 24.3 Å². The Labute approximate surface area is 207 Å². The van der Waals surface area contributed by atoms with Gasteiger partial charge < -0.3 is 25.8 Å². The summed E-state index contributed by atoms with van der Waals surface area (Å²) in [6.45, 7) is 7.69. The van der Waals surface area contributed by atoms with Gasteiger partial charge in [-0.3, -0.25) is 9.59 Å². The van der Waals surface area contributed by atoms with Crippen LogP contribution >= 0.6 is 0 Å². The van der Waals surface area contributed by atoms with Crippen LogP contribution in [-0.2, 0) is 11.3 Å². The third-order valence-corrected chi connectivity index (χ3v) is 5.30. The Hall–Kier alpha value is -4.99. The maximum atomic E-state index is 12.9. The smallest absolute Gasteiger partial charge is 0.256 e. The second kappa shape index (κ2) is 11.0. The van der Waals surface area contributed by atoms with Crippen LogP contribution in [0.15, 0.2) is 78.2 Å². The Kier molecular flexibility index (Phi) is 7.35. The fourth-order valence-electron chi connectivity index (χ4n) is 3.32. The summed E-state index contributed by atoms with van der Waals surface area (Å²) in [4.78, 5) is 32.9. The lowest BCUT2D eigenvalue weighted by Gasteiger charge is -2.11. The fourth-order valence-corrected chi connectivity index (χ4v) is 3.32. The molecule has 2 aromatic carbocycles. The van der Waals surface area contributed by atoms with E-state index in [1.807, 2.05) is 32.0 Å². The Morgan fingerprint density at radius 1 is 0.944 bits per heavy atom. The number of anilines is 5. The summed E-state index contributed by atoms with van der Waals surface area (Å²) in [5.74, 6) is 0.516. The third kappa shape index (κ3) is 6.11. The summed E-state index contributed by atoms with van der Waals surface area (Å²) in [6.07, 6.45) is 5.90. The molecule has 10 heteroatoms. The number of aryl methyl sites for hydroxylation is 2. The molecule has 4 rings (SSSR count). The van der Waals surface area contributed by atoms with E-state index in [2.05, 4.69) is 43.0 Å². The van der Waals surface area contributed by atoms with Gasteiger partial charge in [-0.2, -0.15) is 0 Å². The molecule has 4 N–H and O–H groups in total. The Balaban J connectivity index is 1.38. The van der Waals surface area contributed by atoms with E-state index in [0.717, 1.165) is 22.6 Å². The third-order valence-electron chi connectivity index (χ3n) is 5.30. The molecule has 0 spiro atoms. The van der Waals surface area contributed by atoms with Gasteiger partial charge in [-0.1, -0.05) is 23.9 Å². The molecule has 2 aromatic heterocycles. The first kappa shape index (κ1) is 24.1. The van der Waals surface area contributed by atoms with E-state index in [4.69, 9.17) is 4.52 Å². The average molecular weight is 484 g/mol. The molecule has 4 aromatic rings.